The lowest BCUT2D eigenvalue weighted by molar-refractivity contribution is -0.127. The Hall–Kier alpha value is -1.06. The lowest BCUT2D eigenvalue weighted by atomic mass is 9.79. The number of hydrogen-bond donors (Lipinski definition) is 0. The van der Waals surface area contributed by atoms with Gasteiger partial charge in [0.05, 0.1) is 0 Å². The Morgan fingerprint density at radius 1 is 1.15 bits per heavy atom. The standard InChI is InChI=1S/C16H27NO3/c1-16(2,3)20-15(19)17-11-7-6-9-13(17)12-8-4-5-10-14(12)18/h12-13H,4-11H2,1-3H3/t12-,13-/m1/s1. The van der Waals surface area contributed by atoms with Crippen molar-refractivity contribution < 1.29 is 14.3 Å². The highest BCUT2D eigenvalue weighted by molar-refractivity contribution is 5.83. The van der Waals surface area contributed by atoms with Gasteiger partial charge in [0.25, 0.3) is 0 Å². The Balaban J connectivity index is 2.08. The summed E-state index contributed by atoms with van der Waals surface area (Å²) in [7, 11) is 0. The molecule has 0 unspecified atom stereocenters. The van der Waals surface area contributed by atoms with E-state index in [0.29, 0.717) is 12.2 Å². The van der Waals surface area contributed by atoms with Crippen LogP contribution in [-0.4, -0.2) is 35.0 Å². The van der Waals surface area contributed by atoms with E-state index in [0.717, 1.165) is 45.1 Å². The molecule has 1 aliphatic heterocycles. The SMILES string of the molecule is CC(C)(C)OC(=O)N1CCCC[C@@H]1[C@H]1CCCCC1=O. The van der Waals surface area contributed by atoms with Crippen molar-refractivity contribution >= 4 is 11.9 Å². The average Bonchev–Trinajstić information content (AvgIpc) is 2.37. The molecule has 0 N–H and O–H groups in total. The lowest BCUT2D eigenvalue weighted by Gasteiger charge is -2.41. The molecular weight excluding hydrogens is 254 g/mol. The first-order chi connectivity index (χ1) is 9.38. The highest BCUT2D eigenvalue weighted by Crippen LogP contribution is 2.32. The minimum atomic E-state index is -0.477. The van der Waals surface area contributed by atoms with Gasteiger partial charge >= 0.3 is 6.09 Å². The number of ether oxygens (including phenoxy) is 1. The van der Waals surface area contributed by atoms with Crippen LogP contribution in [0.25, 0.3) is 0 Å². The van der Waals surface area contributed by atoms with Crippen LogP contribution in [0.1, 0.15) is 65.7 Å². The van der Waals surface area contributed by atoms with Crippen molar-refractivity contribution in [2.24, 2.45) is 5.92 Å². The topological polar surface area (TPSA) is 46.6 Å². The summed E-state index contributed by atoms with van der Waals surface area (Å²) in [5.41, 5.74) is -0.477. The molecule has 4 heteroatoms. The number of ketones is 1. The van der Waals surface area contributed by atoms with Gasteiger partial charge in [0, 0.05) is 24.9 Å². The quantitative estimate of drug-likeness (QED) is 0.738. The van der Waals surface area contributed by atoms with Crippen molar-refractivity contribution in [3.8, 4) is 0 Å². The number of rotatable bonds is 1. The normalized spacial score (nSPS) is 28.4. The van der Waals surface area contributed by atoms with Crippen molar-refractivity contribution in [2.75, 3.05) is 6.54 Å². The largest absolute Gasteiger partial charge is 0.444 e. The van der Waals surface area contributed by atoms with Gasteiger partial charge < -0.3 is 9.64 Å². The molecule has 0 aromatic heterocycles. The molecule has 0 radical (unpaired) electrons. The van der Waals surface area contributed by atoms with Crippen LogP contribution in [0.2, 0.25) is 0 Å². The van der Waals surface area contributed by atoms with E-state index in [1.807, 2.05) is 25.7 Å². The molecule has 1 saturated carbocycles. The van der Waals surface area contributed by atoms with E-state index in [4.69, 9.17) is 4.74 Å². The van der Waals surface area contributed by atoms with Gasteiger partial charge in [0.2, 0.25) is 0 Å². The first-order valence-electron chi connectivity index (χ1n) is 7.91. The van der Waals surface area contributed by atoms with Crippen LogP contribution < -0.4 is 0 Å². The second kappa shape index (κ2) is 6.15. The predicted molar refractivity (Wildman–Crippen MR) is 77.5 cm³/mol. The van der Waals surface area contributed by atoms with Crippen LogP contribution in [0, 0.1) is 5.92 Å². The molecule has 4 nitrogen and oxygen atoms in total. The average molecular weight is 281 g/mol. The number of Topliss-reactive ketones (excluding diaryl/α,β-unsaturated/α-hetero) is 1. The molecule has 114 valence electrons. The fourth-order valence-corrected chi connectivity index (χ4v) is 3.34. The molecule has 0 aromatic rings. The van der Waals surface area contributed by atoms with Gasteiger partial charge in [-0.05, 0) is 52.9 Å². The maximum atomic E-state index is 12.4. The number of likely N-dealkylation sites (tertiary alicyclic amines) is 1. The molecule has 20 heavy (non-hydrogen) atoms. The Labute approximate surface area is 121 Å². The molecule has 1 aliphatic carbocycles. The number of nitrogens with zero attached hydrogens (tertiary/aromatic N) is 1. The summed E-state index contributed by atoms with van der Waals surface area (Å²) < 4.78 is 5.51. The van der Waals surface area contributed by atoms with Crippen LogP contribution in [0.3, 0.4) is 0 Å². The highest BCUT2D eigenvalue weighted by Gasteiger charge is 2.38. The van der Waals surface area contributed by atoms with E-state index >= 15 is 0 Å². The minimum absolute atomic E-state index is 0.0385. The number of hydrogen-bond acceptors (Lipinski definition) is 3. The Morgan fingerprint density at radius 2 is 1.85 bits per heavy atom. The summed E-state index contributed by atoms with van der Waals surface area (Å²) >= 11 is 0. The van der Waals surface area contributed by atoms with E-state index in [1.54, 1.807) is 0 Å². The third-order valence-corrected chi connectivity index (χ3v) is 4.24. The van der Waals surface area contributed by atoms with Gasteiger partial charge in [-0.15, -0.1) is 0 Å². The first-order valence-corrected chi connectivity index (χ1v) is 7.91. The summed E-state index contributed by atoms with van der Waals surface area (Å²) in [4.78, 5) is 26.4. The number of amides is 1. The van der Waals surface area contributed by atoms with Crippen LogP contribution in [-0.2, 0) is 9.53 Å². The highest BCUT2D eigenvalue weighted by atomic mass is 16.6. The van der Waals surface area contributed by atoms with Gasteiger partial charge in [-0.2, -0.15) is 0 Å². The Bertz CT molecular complexity index is 372. The smallest absolute Gasteiger partial charge is 0.410 e. The molecule has 0 aromatic carbocycles. The summed E-state index contributed by atoms with van der Waals surface area (Å²) in [5, 5.41) is 0. The maximum absolute atomic E-state index is 12.4. The molecule has 0 spiro atoms. The molecular formula is C16H27NO3. The van der Waals surface area contributed by atoms with Crippen molar-refractivity contribution in [2.45, 2.75) is 77.4 Å². The van der Waals surface area contributed by atoms with E-state index in [9.17, 15) is 9.59 Å². The van der Waals surface area contributed by atoms with E-state index in [1.165, 1.54) is 0 Å². The fraction of sp³-hybridized carbons (Fsp3) is 0.875. The molecule has 1 heterocycles. The summed E-state index contributed by atoms with van der Waals surface area (Å²) in [6.07, 6.45) is 6.54. The van der Waals surface area contributed by atoms with E-state index in [2.05, 4.69) is 0 Å². The van der Waals surface area contributed by atoms with Crippen molar-refractivity contribution in [1.82, 2.24) is 4.90 Å². The molecule has 2 aliphatic rings. The molecule has 2 atom stereocenters. The lowest BCUT2D eigenvalue weighted by Crippen LogP contribution is -2.51. The summed E-state index contributed by atoms with van der Waals surface area (Å²) in [6.45, 7) is 6.38. The van der Waals surface area contributed by atoms with E-state index in [-0.39, 0.29) is 18.1 Å². The second-order valence-electron chi connectivity index (χ2n) is 7.06. The Kier molecular flexibility index (Phi) is 4.71. The molecule has 1 amide bonds. The number of carbonyl (C=O) groups excluding carboxylic acids is 2. The van der Waals surface area contributed by atoms with Gasteiger partial charge in [-0.25, -0.2) is 4.79 Å². The minimum Gasteiger partial charge on any atom is -0.444 e. The molecule has 0 bridgehead atoms. The van der Waals surface area contributed by atoms with Crippen LogP contribution >= 0.6 is 0 Å². The molecule has 2 fully saturated rings. The second-order valence-corrected chi connectivity index (χ2v) is 7.06. The van der Waals surface area contributed by atoms with Crippen LogP contribution in [0.4, 0.5) is 4.79 Å². The van der Waals surface area contributed by atoms with Gasteiger partial charge in [-0.1, -0.05) is 6.42 Å². The zero-order valence-electron chi connectivity index (χ0n) is 13.0. The van der Waals surface area contributed by atoms with Gasteiger partial charge in [0.15, 0.2) is 0 Å². The van der Waals surface area contributed by atoms with Crippen LogP contribution in [0.5, 0.6) is 0 Å². The summed E-state index contributed by atoms with van der Waals surface area (Å²) in [6, 6.07) is 0.0615. The number of carbonyl (C=O) groups is 2. The van der Waals surface area contributed by atoms with Gasteiger partial charge in [-0.3, -0.25) is 4.79 Å². The molecule has 2 rings (SSSR count). The fourth-order valence-electron chi connectivity index (χ4n) is 3.34. The Morgan fingerprint density at radius 3 is 2.50 bits per heavy atom. The monoisotopic (exact) mass is 281 g/mol. The predicted octanol–water partition coefficient (Wildman–Crippen LogP) is 3.54. The van der Waals surface area contributed by atoms with E-state index < -0.39 is 5.60 Å². The van der Waals surface area contributed by atoms with Crippen molar-refractivity contribution in [3.63, 3.8) is 0 Å². The van der Waals surface area contributed by atoms with Crippen molar-refractivity contribution in [1.29, 1.82) is 0 Å². The third kappa shape index (κ3) is 3.74. The number of piperidine rings is 1. The first kappa shape index (κ1) is 15.3. The maximum Gasteiger partial charge on any atom is 0.410 e. The van der Waals surface area contributed by atoms with Crippen molar-refractivity contribution in [3.05, 3.63) is 0 Å². The van der Waals surface area contributed by atoms with Gasteiger partial charge in [0.1, 0.15) is 11.4 Å². The zero-order valence-corrected chi connectivity index (χ0v) is 13.0. The molecule has 1 saturated heterocycles. The third-order valence-electron chi connectivity index (χ3n) is 4.24. The summed E-state index contributed by atoms with van der Waals surface area (Å²) in [5.74, 6) is 0.383. The van der Waals surface area contributed by atoms with Crippen LogP contribution in [0.15, 0.2) is 0 Å². The zero-order chi connectivity index (χ0) is 14.8.